The molecule has 4 heteroatoms. The molecule has 0 aromatic heterocycles. The van der Waals surface area contributed by atoms with Gasteiger partial charge in [-0.1, -0.05) is 24.6 Å². The molecular weight excluding hydrogens is 260 g/mol. The Morgan fingerprint density at radius 1 is 1.41 bits per heavy atom. The van der Waals surface area contributed by atoms with Gasteiger partial charge in [-0.2, -0.15) is 0 Å². The van der Waals surface area contributed by atoms with E-state index in [-0.39, 0.29) is 16.4 Å². The third-order valence-corrected chi connectivity index (χ3v) is 3.61. The number of hydrogen-bond acceptors (Lipinski definition) is 1. The average Bonchev–Trinajstić information content (AvgIpc) is 2.31. The maximum atomic E-state index is 13.0. The highest BCUT2D eigenvalue weighted by Gasteiger charge is 2.20. The lowest BCUT2D eigenvalue weighted by Gasteiger charge is -2.29. The molecule has 0 aliphatic rings. The molecule has 1 nitrogen and oxygen atoms in total. The van der Waals surface area contributed by atoms with E-state index in [4.69, 9.17) is 23.2 Å². The van der Waals surface area contributed by atoms with Crippen molar-refractivity contribution in [2.75, 3.05) is 5.88 Å². The highest BCUT2D eigenvalue weighted by molar-refractivity contribution is 6.30. The van der Waals surface area contributed by atoms with Crippen LogP contribution in [0.25, 0.3) is 0 Å². The minimum atomic E-state index is -0.380. The Morgan fingerprint density at radius 2 is 2.12 bits per heavy atom. The van der Waals surface area contributed by atoms with Crippen LogP contribution in [0.5, 0.6) is 0 Å². The summed E-state index contributed by atoms with van der Waals surface area (Å²) >= 11 is 11.5. The molecule has 96 valence electrons. The highest BCUT2D eigenvalue weighted by atomic mass is 35.5. The lowest BCUT2D eigenvalue weighted by atomic mass is 9.95. The van der Waals surface area contributed by atoms with Crippen LogP contribution in [0.3, 0.4) is 0 Å². The number of hydrogen-bond donors (Lipinski definition) is 1. The van der Waals surface area contributed by atoms with Crippen LogP contribution >= 0.6 is 23.2 Å². The van der Waals surface area contributed by atoms with Crippen molar-refractivity contribution < 1.29 is 4.39 Å². The summed E-state index contributed by atoms with van der Waals surface area (Å²) in [6, 6.07) is 4.79. The van der Waals surface area contributed by atoms with Crippen LogP contribution in [0.15, 0.2) is 18.2 Å². The number of alkyl halides is 1. The predicted octanol–water partition coefficient (Wildman–Crippen LogP) is 4.37. The van der Waals surface area contributed by atoms with Crippen LogP contribution in [0, 0.1) is 5.82 Å². The summed E-state index contributed by atoms with van der Waals surface area (Å²) in [7, 11) is 0. The van der Waals surface area contributed by atoms with Crippen LogP contribution < -0.4 is 5.32 Å². The first kappa shape index (κ1) is 14.7. The molecule has 0 saturated carbocycles. The molecule has 1 aromatic rings. The number of halogens is 3. The van der Waals surface area contributed by atoms with Gasteiger partial charge in [0, 0.05) is 18.0 Å². The fraction of sp³-hybridized carbons (Fsp3) is 0.538. The van der Waals surface area contributed by atoms with Crippen LogP contribution in [0.4, 0.5) is 4.39 Å². The van der Waals surface area contributed by atoms with Crippen LogP contribution in [0.1, 0.15) is 32.3 Å². The van der Waals surface area contributed by atoms with Crippen molar-refractivity contribution in [3.05, 3.63) is 34.6 Å². The molecule has 0 fully saturated rings. The van der Waals surface area contributed by atoms with Gasteiger partial charge in [0.25, 0.3) is 0 Å². The Hall–Kier alpha value is -0.310. The standard InChI is InChI=1S/C13H18Cl2FN/c1-3-13(2,6-7-14)17-9-10-4-5-12(16)11(15)8-10/h4-5,8,17H,3,6-7,9H2,1-2H3. The van der Waals surface area contributed by atoms with Gasteiger partial charge >= 0.3 is 0 Å². The minimum absolute atomic E-state index is 0.0165. The Bertz CT molecular complexity index is 370. The van der Waals surface area contributed by atoms with Gasteiger partial charge in [-0.25, -0.2) is 4.39 Å². The van der Waals surface area contributed by atoms with Crippen LogP contribution in [-0.4, -0.2) is 11.4 Å². The van der Waals surface area contributed by atoms with E-state index in [0.717, 1.165) is 18.4 Å². The van der Waals surface area contributed by atoms with E-state index in [1.807, 2.05) is 0 Å². The topological polar surface area (TPSA) is 12.0 Å². The highest BCUT2D eigenvalue weighted by Crippen LogP contribution is 2.19. The molecule has 0 amide bonds. The molecule has 0 radical (unpaired) electrons. The van der Waals surface area contributed by atoms with Crippen molar-refractivity contribution in [3.8, 4) is 0 Å². The van der Waals surface area contributed by atoms with E-state index in [0.29, 0.717) is 12.4 Å². The second-order valence-electron chi connectivity index (χ2n) is 4.46. The predicted molar refractivity (Wildman–Crippen MR) is 72.3 cm³/mol. The van der Waals surface area contributed by atoms with Gasteiger partial charge in [-0.15, -0.1) is 11.6 Å². The lowest BCUT2D eigenvalue weighted by molar-refractivity contribution is 0.331. The van der Waals surface area contributed by atoms with Crippen molar-refractivity contribution in [1.29, 1.82) is 0 Å². The molecule has 1 N–H and O–H groups in total. The normalized spacial score (nSPS) is 14.6. The third-order valence-electron chi connectivity index (χ3n) is 3.13. The van der Waals surface area contributed by atoms with Crippen molar-refractivity contribution in [2.45, 2.75) is 38.8 Å². The van der Waals surface area contributed by atoms with Crippen molar-refractivity contribution >= 4 is 23.2 Å². The molecule has 0 bridgehead atoms. The van der Waals surface area contributed by atoms with Crippen LogP contribution in [0.2, 0.25) is 5.02 Å². The number of rotatable bonds is 6. The van der Waals surface area contributed by atoms with E-state index in [1.165, 1.54) is 6.07 Å². The number of nitrogens with one attached hydrogen (secondary N) is 1. The van der Waals surface area contributed by atoms with Gasteiger partial charge in [-0.3, -0.25) is 0 Å². The van der Waals surface area contributed by atoms with Crippen LogP contribution in [-0.2, 0) is 6.54 Å². The van der Waals surface area contributed by atoms with Crippen molar-refractivity contribution in [3.63, 3.8) is 0 Å². The average molecular weight is 278 g/mol. The second-order valence-corrected chi connectivity index (χ2v) is 5.24. The zero-order valence-corrected chi connectivity index (χ0v) is 11.7. The minimum Gasteiger partial charge on any atom is -0.307 e. The molecule has 0 heterocycles. The lowest BCUT2D eigenvalue weighted by Crippen LogP contribution is -2.41. The van der Waals surface area contributed by atoms with Gasteiger partial charge in [-0.05, 0) is 37.5 Å². The maximum absolute atomic E-state index is 13.0. The molecule has 1 atom stereocenters. The van der Waals surface area contributed by atoms with E-state index in [9.17, 15) is 4.39 Å². The first-order chi connectivity index (χ1) is 8.00. The molecular formula is C13H18Cl2FN. The summed E-state index contributed by atoms with van der Waals surface area (Å²) in [5.74, 6) is 0.246. The SMILES string of the molecule is CCC(C)(CCCl)NCc1ccc(F)c(Cl)c1. The maximum Gasteiger partial charge on any atom is 0.141 e. The molecule has 0 aliphatic heterocycles. The Kier molecular flexibility index (Phi) is 5.71. The second kappa shape index (κ2) is 6.58. The largest absolute Gasteiger partial charge is 0.307 e. The fourth-order valence-corrected chi connectivity index (χ4v) is 2.18. The Labute approximate surface area is 112 Å². The van der Waals surface area contributed by atoms with E-state index in [2.05, 4.69) is 19.2 Å². The molecule has 1 aromatic carbocycles. The summed E-state index contributed by atoms with van der Waals surface area (Å²) < 4.78 is 13.0. The van der Waals surface area contributed by atoms with Gasteiger partial charge in [0.15, 0.2) is 0 Å². The third kappa shape index (κ3) is 4.46. The molecule has 0 aliphatic carbocycles. The zero-order chi connectivity index (χ0) is 12.9. The van der Waals surface area contributed by atoms with E-state index in [1.54, 1.807) is 12.1 Å². The summed E-state index contributed by atoms with van der Waals surface area (Å²) in [6.07, 6.45) is 1.90. The quantitative estimate of drug-likeness (QED) is 0.762. The zero-order valence-electron chi connectivity index (χ0n) is 10.2. The molecule has 0 spiro atoms. The van der Waals surface area contributed by atoms with Crippen molar-refractivity contribution in [2.24, 2.45) is 0 Å². The van der Waals surface area contributed by atoms with Gasteiger partial charge in [0.1, 0.15) is 5.82 Å². The molecule has 1 rings (SSSR count). The Morgan fingerprint density at radius 3 is 2.65 bits per heavy atom. The molecule has 0 saturated heterocycles. The summed E-state index contributed by atoms with van der Waals surface area (Å²) in [5.41, 5.74) is 0.994. The van der Waals surface area contributed by atoms with Gasteiger partial charge in [0.2, 0.25) is 0 Å². The monoisotopic (exact) mass is 277 g/mol. The van der Waals surface area contributed by atoms with E-state index < -0.39 is 0 Å². The van der Waals surface area contributed by atoms with E-state index >= 15 is 0 Å². The summed E-state index contributed by atoms with van der Waals surface area (Å²) in [6.45, 7) is 4.93. The number of benzene rings is 1. The van der Waals surface area contributed by atoms with Crippen molar-refractivity contribution in [1.82, 2.24) is 5.32 Å². The molecule has 17 heavy (non-hydrogen) atoms. The fourth-order valence-electron chi connectivity index (χ4n) is 1.56. The smallest absolute Gasteiger partial charge is 0.141 e. The molecule has 1 unspecified atom stereocenters. The first-order valence-electron chi connectivity index (χ1n) is 5.75. The Balaban J connectivity index is 2.62. The summed E-state index contributed by atoms with van der Waals surface area (Å²) in [5, 5.41) is 3.61. The van der Waals surface area contributed by atoms with Gasteiger partial charge in [0.05, 0.1) is 5.02 Å². The first-order valence-corrected chi connectivity index (χ1v) is 6.67. The van der Waals surface area contributed by atoms with Gasteiger partial charge < -0.3 is 5.32 Å². The summed E-state index contributed by atoms with van der Waals surface area (Å²) in [4.78, 5) is 0.